The predicted octanol–water partition coefficient (Wildman–Crippen LogP) is 1.28. The van der Waals surface area contributed by atoms with Crippen LogP contribution in [0.1, 0.15) is 18.4 Å². The number of rotatable bonds is 5. The highest BCUT2D eigenvalue weighted by Gasteiger charge is 2.38. The second-order valence-electron chi connectivity index (χ2n) is 5.57. The zero-order chi connectivity index (χ0) is 16.3. The van der Waals surface area contributed by atoms with Crippen LogP contribution in [0.15, 0.2) is 24.3 Å². The fourth-order valence-corrected chi connectivity index (χ4v) is 2.53. The maximum Gasteiger partial charge on any atom is 0.305 e. The topological polar surface area (TPSA) is 77.9 Å². The molecule has 1 aliphatic rings. The van der Waals surface area contributed by atoms with Gasteiger partial charge in [-0.1, -0.05) is 17.7 Å². The van der Waals surface area contributed by atoms with Crippen LogP contribution in [0, 0.1) is 12.8 Å². The zero-order valence-corrected chi connectivity index (χ0v) is 12.8. The Morgan fingerprint density at radius 3 is 2.55 bits per heavy atom. The molecule has 22 heavy (non-hydrogen) atoms. The number of carboxylic acid groups (broad SMARTS) is 1. The molecular weight excluding hydrogens is 284 g/mol. The quantitative estimate of drug-likeness (QED) is 0.831. The Labute approximate surface area is 129 Å². The molecule has 6 heteroatoms. The molecule has 0 radical (unpaired) electrons. The number of aryl methyl sites for hydroxylation is 1. The first kappa shape index (κ1) is 16.0. The van der Waals surface area contributed by atoms with Gasteiger partial charge in [-0.25, -0.2) is 0 Å². The monoisotopic (exact) mass is 304 g/mol. The lowest BCUT2D eigenvalue weighted by Crippen LogP contribution is -2.38. The Morgan fingerprint density at radius 1 is 1.32 bits per heavy atom. The van der Waals surface area contributed by atoms with Gasteiger partial charge in [0.15, 0.2) is 0 Å². The number of carbonyl (C=O) groups is 3. The minimum Gasteiger partial charge on any atom is -0.481 e. The van der Waals surface area contributed by atoms with E-state index in [1.54, 1.807) is 4.90 Å². The van der Waals surface area contributed by atoms with E-state index in [0.29, 0.717) is 13.0 Å². The second kappa shape index (κ2) is 6.60. The van der Waals surface area contributed by atoms with Crippen molar-refractivity contribution >= 4 is 23.5 Å². The van der Waals surface area contributed by atoms with Crippen molar-refractivity contribution in [1.82, 2.24) is 4.90 Å². The molecule has 0 aliphatic carbocycles. The van der Waals surface area contributed by atoms with Gasteiger partial charge in [-0.15, -0.1) is 0 Å². The number of anilines is 1. The molecule has 0 bridgehead atoms. The van der Waals surface area contributed by atoms with E-state index < -0.39 is 11.9 Å². The Bertz CT molecular complexity index is 582. The number of hydrogen-bond acceptors (Lipinski definition) is 3. The van der Waals surface area contributed by atoms with Gasteiger partial charge in [0.05, 0.1) is 6.42 Å². The smallest absolute Gasteiger partial charge is 0.305 e. The summed E-state index contributed by atoms with van der Waals surface area (Å²) in [5, 5.41) is 8.66. The van der Waals surface area contributed by atoms with Gasteiger partial charge in [-0.05, 0) is 25.5 Å². The predicted molar refractivity (Wildman–Crippen MR) is 81.5 cm³/mol. The third-order valence-electron chi connectivity index (χ3n) is 3.89. The zero-order valence-electron chi connectivity index (χ0n) is 12.8. The Hall–Kier alpha value is -2.37. The van der Waals surface area contributed by atoms with E-state index in [4.69, 9.17) is 5.11 Å². The molecule has 6 nitrogen and oxygen atoms in total. The summed E-state index contributed by atoms with van der Waals surface area (Å²) in [6.07, 6.45) is 0.341. The summed E-state index contributed by atoms with van der Waals surface area (Å²) in [6.45, 7) is 2.59. The molecule has 1 fully saturated rings. The molecule has 0 saturated carbocycles. The highest BCUT2D eigenvalue weighted by atomic mass is 16.4. The molecule has 1 aliphatic heterocycles. The van der Waals surface area contributed by atoms with Crippen LogP contribution in [0.4, 0.5) is 5.69 Å². The first-order valence-electron chi connectivity index (χ1n) is 7.25. The van der Waals surface area contributed by atoms with Crippen LogP contribution in [-0.2, 0) is 14.4 Å². The van der Waals surface area contributed by atoms with Crippen molar-refractivity contribution < 1.29 is 19.5 Å². The highest BCUT2D eigenvalue weighted by molar-refractivity contribution is 6.09. The van der Waals surface area contributed by atoms with E-state index >= 15 is 0 Å². The number of carboxylic acids is 1. The third kappa shape index (κ3) is 3.44. The fraction of sp³-hybridized carbons (Fsp3) is 0.438. The molecule has 0 spiro atoms. The Morgan fingerprint density at radius 2 is 1.95 bits per heavy atom. The van der Waals surface area contributed by atoms with Gasteiger partial charge in [-0.2, -0.15) is 0 Å². The van der Waals surface area contributed by atoms with Gasteiger partial charge in [-0.3, -0.25) is 14.4 Å². The summed E-state index contributed by atoms with van der Waals surface area (Å²) in [5.74, 6) is -2.18. The first-order chi connectivity index (χ1) is 10.4. The molecule has 1 atom stereocenters. The minimum atomic E-state index is -0.960. The lowest BCUT2D eigenvalue weighted by Gasteiger charge is -2.20. The van der Waals surface area contributed by atoms with Crippen molar-refractivity contribution in [2.24, 2.45) is 5.92 Å². The van der Waals surface area contributed by atoms with Crippen LogP contribution in [-0.4, -0.2) is 47.9 Å². The SMILES string of the molecule is Cc1ccc(N2CC[C@@H](C(=O)N(C)CCC(=O)O)C2=O)cc1. The molecular formula is C16H20N2O4. The van der Waals surface area contributed by atoms with Gasteiger partial charge >= 0.3 is 5.97 Å². The summed E-state index contributed by atoms with van der Waals surface area (Å²) in [4.78, 5) is 38.2. The standard InChI is InChI=1S/C16H20N2O4/c1-11-3-5-12(6-4-11)18-10-7-13(16(18)22)15(21)17(2)9-8-14(19)20/h3-6,13H,7-10H2,1-2H3,(H,19,20)/t13-/m0/s1. The highest BCUT2D eigenvalue weighted by Crippen LogP contribution is 2.26. The van der Waals surface area contributed by atoms with Crippen LogP contribution >= 0.6 is 0 Å². The largest absolute Gasteiger partial charge is 0.481 e. The Kier molecular flexibility index (Phi) is 4.80. The van der Waals surface area contributed by atoms with Crippen molar-refractivity contribution in [2.45, 2.75) is 19.8 Å². The maximum absolute atomic E-state index is 12.4. The molecule has 1 aromatic carbocycles. The van der Waals surface area contributed by atoms with Gasteiger partial charge in [0.1, 0.15) is 5.92 Å². The fourth-order valence-electron chi connectivity index (χ4n) is 2.53. The normalized spacial score (nSPS) is 17.6. The average molecular weight is 304 g/mol. The molecule has 2 rings (SSSR count). The molecule has 118 valence electrons. The summed E-state index contributed by atoms with van der Waals surface area (Å²) in [6, 6.07) is 7.59. The van der Waals surface area contributed by atoms with Crippen molar-refractivity contribution in [2.75, 3.05) is 25.0 Å². The molecule has 1 saturated heterocycles. The van der Waals surface area contributed by atoms with Gasteiger partial charge in [0.2, 0.25) is 11.8 Å². The average Bonchev–Trinajstić information content (AvgIpc) is 2.86. The lowest BCUT2D eigenvalue weighted by atomic mass is 10.1. The molecule has 2 amide bonds. The molecule has 1 heterocycles. The van der Waals surface area contributed by atoms with Gasteiger partial charge in [0, 0.05) is 25.8 Å². The van der Waals surface area contributed by atoms with E-state index in [9.17, 15) is 14.4 Å². The van der Waals surface area contributed by atoms with Crippen molar-refractivity contribution in [3.8, 4) is 0 Å². The summed E-state index contributed by atoms with van der Waals surface area (Å²) >= 11 is 0. The van der Waals surface area contributed by atoms with Gasteiger partial charge < -0.3 is 14.9 Å². The van der Waals surface area contributed by atoms with E-state index in [0.717, 1.165) is 11.3 Å². The molecule has 1 aromatic rings. The van der Waals surface area contributed by atoms with Crippen LogP contribution in [0.2, 0.25) is 0 Å². The van der Waals surface area contributed by atoms with Crippen LogP contribution in [0.3, 0.4) is 0 Å². The van der Waals surface area contributed by atoms with E-state index in [2.05, 4.69) is 0 Å². The van der Waals surface area contributed by atoms with Crippen LogP contribution < -0.4 is 4.90 Å². The lowest BCUT2D eigenvalue weighted by molar-refractivity contribution is -0.140. The van der Waals surface area contributed by atoms with Crippen molar-refractivity contribution in [3.05, 3.63) is 29.8 Å². The van der Waals surface area contributed by atoms with Crippen molar-refractivity contribution in [1.29, 1.82) is 0 Å². The van der Waals surface area contributed by atoms with E-state index in [1.165, 1.54) is 11.9 Å². The first-order valence-corrected chi connectivity index (χ1v) is 7.25. The van der Waals surface area contributed by atoms with Crippen molar-refractivity contribution in [3.63, 3.8) is 0 Å². The number of hydrogen-bond donors (Lipinski definition) is 1. The van der Waals surface area contributed by atoms with Crippen LogP contribution in [0.5, 0.6) is 0 Å². The van der Waals surface area contributed by atoms with Crippen LogP contribution in [0.25, 0.3) is 0 Å². The van der Waals surface area contributed by atoms with E-state index in [1.807, 2.05) is 31.2 Å². The summed E-state index contributed by atoms with van der Waals surface area (Å²) in [5.41, 5.74) is 1.90. The maximum atomic E-state index is 12.4. The minimum absolute atomic E-state index is 0.114. The van der Waals surface area contributed by atoms with E-state index in [-0.39, 0.29) is 24.8 Å². The number of amides is 2. The second-order valence-corrected chi connectivity index (χ2v) is 5.57. The summed E-state index contributed by atoms with van der Waals surface area (Å²) in [7, 11) is 1.53. The number of benzene rings is 1. The van der Waals surface area contributed by atoms with Gasteiger partial charge in [0.25, 0.3) is 0 Å². The third-order valence-corrected chi connectivity index (χ3v) is 3.89. The number of carbonyl (C=O) groups excluding carboxylic acids is 2. The number of nitrogens with zero attached hydrogens (tertiary/aromatic N) is 2. The Balaban J connectivity index is 2.02. The molecule has 1 N–H and O–H groups in total. The molecule has 0 unspecified atom stereocenters. The molecule has 0 aromatic heterocycles. The summed E-state index contributed by atoms with van der Waals surface area (Å²) < 4.78 is 0. The number of aliphatic carboxylic acids is 1.